The van der Waals surface area contributed by atoms with Gasteiger partial charge in [0.2, 0.25) is 5.91 Å². The maximum Gasteiger partial charge on any atom is 0.233 e. The third kappa shape index (κ3) is 3.23. The van der Waals surface area contributed by atoms with Gasteiger partial charge in [0.25, 0.3) is 0 Å². The third-order valence-electron chi connectivity index (χ3n) is 2.60. The predicted molar refractivity (Wildman–Crippen MR) is 63.2 cm³/mol. The summed E-state index contributed by atoms with van der Waals surface area (Å²) in [6.45, 7) is 0.630. The van der Waals surface area contributed by atoms with Gasteiger partial charge >= 0.3 is 0 Å². The van der Waals surface area contributed by atoms with Gasteiger partial charge in [0, 0.05) is 13.0 Å². The van der Waals surface area contributed by atoms with E-state index >= 15 is 0 Å². The Morgan fingerprint density at radius 1 is 1.62 bits per heavy atom. The lowest BCUT2D eigenvalue weighted by Gasteiger charge is -2.20. The minimum atomic E-state index is 0.156. The van der Waals surface area contributed by atoms with Crippen LogP contribution in [-0.4, -0.2) is 38.6 Å². The molecule has 0 spiro atoms. The van der Waals surface area contributed by atoms with Crippen LogP contribution in [0.2, 0.25) is 0 Å². The highest BCUT2D eigenvalue weighted by molar-refractivity contribution is 8.00. The van der Waals surface area contributed by atoms with Crippen molar-refractivity contribution in [3.05, 3.63) is 12.2 Å². The summed E-state index contributed by atoms with van der Waals surface area (Å²) in [5.41, 5.74) is 0. The molecular weight excluding hydrogens is 224 g/mol. The summed E-state index contributed by atoms with van der Waals surface area (Å²) in [4.78, 5) is 15.8. The Hall–Kier alpha value is -1.04. The normalized spacial score (nSPS) is 20.6. The van der Waals surface area contributed by atoms with E-state index in [9.17, 15) is 4.79 Å². The molecule has 1 atom stereocenters. The third-order valence-corrected chi connectivity index (χ3v) is 3.97. The predicted octanol–water partition coefficient (Wildman–Crippen LogP) is 0.749. The van der Waals surface area contributed by atoms with Crippen molar-refractivity contribution in [3.63, 3.8) is 0 Å². The fourth-order valence-electron chi connectivity index (χ4n) is 1.72. The van der Waals surface area contributed by atoms with Gasteiger partial charge in [-0.3, -0.25) is 9.89 Å². The average molecular weight is 240 g/mol. The quantitative estimate of drug-likeness (QED) is 0.814. The first-order valence-electron chi connectivity index (χ1n) is 5.60. The molecule has 0 aromatic carbocycles. The van der Waals surface area contributed by atoms with Crippen molar-refractivity contribution < 1.29 is 4.79 Å². The second-order valence-corrected chi connectivity index (χ2v) is 5.14. The molecule has 1 amide bonds. The van der Waals surface area contributed by atoms with Crippen LogP contribution in [0, 0.1) is 0 Å². The van der Waals surface area contributed by atoms with Crippen LogP contribution in [0.25, 0.3) is 0 Å². The number of aromatic amines is 1. The van der Waals surface area contributed by atoms with E-state index in [-0.39, 0.29) is 11.2 Å². The minimum absolute atomic E-state index is 0.156. The maximum absolute atomic E-state index is 11.7. The van der Waals surface area contributed by atoms with Gasteiger partial charge in [-0.1, -0.05) is 6.42 Å². The van der Waals surface area contributed by atoms with Gasteiger partial charge in [-0.25, -0.2) is 4.98 Å². The number of amides is 1. The molecule has 1 unspecified atom stereocenters. The van der Waals surface area contributed by atoms with Crippen molar-refractivity contribution in [3.8, 4) is 0 Å². The first-order chi connectivity index (χ1) is 7.86. The van der Waals surface area contributed by atoms with Crippen LogP contribution in [-0.2, 0) is 11.2 Å². The molecule has 1 aliphatic heterocycles. The maximum atomic E-state index is 11.7. The molecule has 88 valence electrons. The Morgan fingerprint density at radius 3 is 3.25 bits per heavy atom. The van der Waals surface area contributed by atoms with Crippen molar-refractivity contribution in [2.24, 2.45) is 0 Å². The number of hydrogen-bond donors (Lipinski definition) is 2. The Morgan fingerprint density at radius 2 is 2.56 bits per heavy atom. The highest BCUT2D eigenvalue weighted by Crippen LogP contribution is 2.24. The van der Waals surface area contributed by atoms with Crippen molar-refractivity contribution in [1.82, 2.24) is 20.5 Å². The monoisotopic (exact) mass is 240 g/mol. The van der Waals surface area contributed by atoms with E-state index in [1.54, 1.807) is 11.8 Å². The van der Waals surface area contributed by atoms with Crippen LogP contribution in [0.1, 0.15) is 25.1 Å². The molecule has 0 bridgehead atoms. The van der Waals surface area contributed by atoms with E-state index in [1.165, 1.54) is 19.2 Å². The Balaban J connectivity index is 1.67. The first kappa shape index (κ1) is 11.4. The van der Waals surface area contributed by atoms with Gasteiger partial charge in [0.15, 0.2) is 0 Å². The summed E-state index contributed by atoms with van der Waals surface area (Å²) >= 11 is 1.77. The van der Waals surface area contributed by atoms with Crippen molar-refractivity contribution >= 4 is 17.7 Å². The Kier molecular flexibility index (Phi) is 4.21. The summed E-state index contributed by atoms with van der Waals surface area (Å²) in [6, 6.07) is 0. The lowest BCUT2D eigenvalue weighted by atomic mass is 10.2. The van der Waals surface area contributed by atoms with E-state index in [1.807, 2.05) is 0 Å². The lowest BCUT2D eigenvalue weighted by Crippen LogP contribution is -2.35. The number of nitrogens with zero attached hydrogens (tertiary/aromatic N) is 2. The van der Waals surface area contributed by atoms with Crippen molar-refractivity contribution in [1.29, 1.82) is 0 Å². The summed E-state index contributed by atoms with van der Waals surface area (Å²) in [5.74, 6) is 2.10. The topological polar surface area (TPSA) is 70.7 Å². The summed E-state index contributed by atoms with van der Waals surface area (Å²) in [7, 11) is 0. The van der Waals surface area contributed by atoms with Crippen LogP contribution >= 0.6 is 11.8 Å². The van der Waals surface area contributed by atoms with Crippen LogP contribution in [0.5, 0.6) is 0 Å². The first-order valence-corrected chi connectivity index (χ1v) is 6.64. The number of carbonyl (C=O) groups is 1. The molecule has 16 heavy (non-hydrogen) atoms. The number of thioether (sulfide) groups is 1. The van der Waals surface area contributed by atoms with Crippen molar-refractivity contribution in [2.75, 3.05) is 12.3 Å². The molecule has 1 aromatic rings. The molecule has 0 radical (unpaired) electrons. The molecule has 1 fully saturated rings. The highest BCUT2D eigenvalue weighted by Gasteiger charge is 2.20. The molecule has 6 heteroatoms. The zero-order valence-electron chi connectivity index (χ0n) is 9.11. The number of aromatic nitrogens is 3. The van der Waals surface area contributed by atoms with Crippen molar-refractivity contribution in [2.45, 2.75) is 30.9 Å². The van der Waals surface area contributed by atoms with E-state index in [4.69, 9.17) is 0 Å². The number of rotatable bonds is 4. The number of H-pyrrole nitrogens is 1. The SMILES string of the molecule is O=C(NCCc1ncn[nH]1)C1CCCCS1. The Labute approximate surface area is 98.8 Å². The van der Waals surface area contributed by atoms with Gasteiger partial charge in [-0.2, -0.15) is 5.10 Å². The number of carbonyl (C=O) groups excluding carboxylic acids is 1. The van der Waals surface area contributed by atoms with E-state index in [0.717, 1.165) is 18.0 Å². The summed E-state index contributed by atoms with van der Waals surface area (Å²) in [6.07, 6.45) is 5.62. The largest absolute Gasteiger partial charge is 0.355 e. The highest BCUT2D eigenvalue weighted by atomic mass is 32.2. The molecule has 1 aliphatic rings. The molecule has 1 aromatic heterocycles. The van der Waals surface area contributed by atoms with Crippen LogP contribution in [0.4, 0.5) is 0 Å². The molecule has 0 aliphatic carbocycles. The molecule has 2 rings (SSSR count). The zero-order chi connectivity index (χ0) is 11.2. The minimum Gasteiger partial charge on any atom is -0.355 e. The van der Waals surface area contributed by atoms with Gasteiger partial charge in [-0.15, -0.1) is 11.8 Å². The lowest BCUT2D eigenvalue weighted by molar-refractivity contribution is -0.120. The molecule has 0 saturated carbocycles. The van der Waals surface area contributed by atoms with Crippen LogP contribution in [0.3, 0.4) is 0 Å². The second kappa shape index (κ2) is 5.89. The molecule has 5 nitrogen and oxygen atoms in total. The molecule has 2 N–H and O–H groups in total. The van der Waals surface area contributed by atoms with E-state index < -0.39 is 0 Å². The fraction of sp³-hybridized carbons (Fsp3) is 0.700. The van der Waals surface area contributed by atoms with Gasteiger partial charge in [-0.05, 0) is 18.6 Å². The number of nitrogens with one attached hydrogen (secondary N) is 2. The molecule has 2 heterocycles. The van der Waals surface area contributed by atoms with E-state index in [0.29, 0.717) is 13.0 Å². The zero-order valence-corrected chi connectivity index (χ0v) is 9.92. The second-order valence-electron chi connectivity index (χ2n) is 3.83. The molecule has 1 saturated heterocycles. The average Bonchev–Trinajstić information content (AvgIpc) is 2.83. The smallest absolute Gasteiger partial charge is 0.233 e. The Bertz CT molecular complexity index is 322. The number of hydrogen-bond acceptors (Lipinski definition) is 4. The van der Waals surface area contributed by atoms with Gasteiger partial charge in [0.1, 0.15) is 12.2 Å². The van der Waals surface area contributed by atoms with Crippen LogP contribution < -0.4 is 5.32 Å². The van der Waals surface area contributed by atoms with Gasteiger partial charge < -0.3 is 5.32 Å². The van der Waals surface area contributed by atoms with Gasteiger partial charge in [0.05, 0.1) is 5.25 Å². The van der Waals surface area contributed by atoms with Crippen LogP contribution in [0.15, 0.2) is 6.33 Å². The molecular formula is C10H16N4OS. The summed E-state index contributed by atoms with van der Waals surface area (Å²) in [5, 5.41) is 9.63. The standard InChI is InChI=1S/C10H16N4OS/c15-10(8-3-1-2-6-16-8)11-5-4-9-12-7-13-14-9/h7-8H,1-6H2,(H,11,15)(H,12,13,14). The summed E-state index contributed by atoms with van der Waals surface area (Å²) < 4.78 is 0. The van der Waals surface area contributed by atoms with E-state index in [2.05, 4.69) is 20.5 Å². The fourth-order valence-corrected chi connectivity index (χ4v) is 2.94.